The normalized spacial score (nSPS) is 13.6. The molecule has 0 atom stereocenters. The number of rotatable bonds is 9. The van der Waals surface area contributed by atoms with E-state index in [1.54, 1.807) is 36.2 Å². The van der Waals surface area contributed by atoms with Gasteiger partial charge in [0.05, 0.1) is 6.54 Å². The summed E-state index contributed by atoms with van der Waals surface area (Å²) in [5.74, 6) is 0.752. The number of carbonyl (C=O) groups excluding carboxylic acids is 2. The Morgan fingerprint density at radius 1 is 0.975 bits per heavy atom. The zero-order valence-electron chi connectivity index (χ0n) is 22.7. The van der Waals surface area contributed by atoms with Crippen LogP contribution in [0.4, 0.5) is 14.0 Å². The molecule has 10 heteroatoms. The lowest BCUT2D eigenvalue weighted by atomic mass is 10.1. The number of halogens is 2. The maximum absolute atomic E-state index is 13.5. The molecule has 1 heterocycles. The average molecular weight is 572 g/mol. The van der Waals surface area contributed by atoms with Crippen molar-refractivity contribution >= 4 is 24.6 Å². The van der Waals surface area contributed by atoms with Gasteiger partial charge in [-0.25, -0.2) is 14.0 Å². The molecule has 8 nitrogen and oxygen atoms in total. The molecule has 0 aromatic heterocycles. The molecular formula is C30H35ClFN3O5. The van der Waals surface area contributed by atoms with E-state index in [-0.39, 0.29) is 43.5 Å². The highest BCUT2D eigenvalue weighted by atomic mass is 35.5. The van der Waals surface area contributed by atoms with E-state index in [1.165, 1.54) is 12.1 Å². The van der Waals surface area contributed by atoms with Crippen molar-refractivity contribution in [3.63, 3.8) is 0 Å². The predicted molar refractivity (Wildman–Crippen MR) is 154 cm³/mol. The molecule has 1 fully saturated rings. The number of amides is 2. The van der Waals surface area contributed by atoms with E-state index < -0.39 is 6.16 Å². The average Bonchev–Trinajstić information content (AvgIpc) is 2.94. The molecule has 0 aliphatic carbocycles. The van der Waals surface area contributed by atoms with Gasteiger partial charge in [-0.2, -0.15) is 0 Å². The Hall–Kier alpha value is -3.82. The largest absolute Gasteiger partial charge is 0.514 e. The van der Waals surface area contributed by atoms with Crippen LogP contribution in [0.2, 0.25) is 0 Å². The van der Waals surface area contributed by atoms with E-state index in [9.17, 15) is 14.0 Å². The fourth-order valence-corrected chi connectivity index (χ4v) is 4.36. The molecule has 0 saturated carbocycles. The molecule has 1 saturated heterocycles. The van der Waals surface area contributed by atoms with Gasteiger partial charge >= 0.3 is 12.2 Å². The zero-order chi connectivity index (χ0) is 27.6. The molecule has 214 valence electrons. The molecule has 2 amide bonds. The second kappa shape index (κ2) is 15.1. The number of hydrogen-bond donors (Lipinski definition) is 1. The topological polar surface area (TPSA) is 80.3 Å². The van der Waals surface area contributed by atoms with Crippen molar-refractivity contribution in [3.05, 3.63) is 84.2 Å². The van der Waals surface area contributed by atoms with Crippen molar-refractivity contribution < 1.29 is 28.2 Å². The van der Waals surface area contributed by atoms with Crippen LogP contribution in [-0.2, 0) is 11.3 Å². The van der Waals surface area contributed by atoms with Crippen molar-refractivity contribution in [3.8, 4) is 22.6 Å². The number of urea groups is 1. The first-order chi connectivity index (χ1) is 18.9. The Kier molecular flexibility index (Phi) is 11.6. The highest BCUT2D eigenvalue weighted by Gasteiger charge is 2.21. The third-order valence-corrected chi connectivity index (χ3v) is 6.57. The summed E-state index contributed by atoms with van der Waals surface area (Å²) in [5.41, 5.74) is 2.63. The lowest BCUT2D eigenvalue weighted by molar-refractivity contribution is 0.0291. The van der Waals surface area contributed by atoms with Gasteiger partial charge in [0.15, 0.2) is 0 Å². The minimum absolute atomic E-state index is 0. The van der Waals surface area contributed by atoms with E-state index in [2.05, 4.69) is 17.3 Å². The molecule has 3 aromatic carbocycles. The van der Waals surface area contributed by atoms with Crippen LogP contribution in [0.3, 0.4) is 0 Å². The quantitative estimate of drug-likeness (QED) is 0.260. The number of benzene rings is 3. The van der Waals surface area contributed by atoms with Gasteiger partial charge < -0.3 is 29.3 Å². The first kappa shape index (κ1) is 30.7. The molecule has 3 aromatic rings. The summed E-state index contributed by atoms with van der Waals surface area (Å²) in [4.78, 5) is 28.2. The number of ether oxygens (including phenoxy) is 3. The van der Waals surface area contributed by atoms with E-state index in [1.807, 2.05) is 36.4 Å². The SMILES string of the molecule is CNC(=O)N(CCOc1ccc(-c2ccc(OC(=O)OC3CCN(C)CC3)cc2)cc1)Cc1cccc(F)c1.Cl. The molecule has 40 heavy (non-hydrogen) atoms. The Labute approximate surface area is 240 Å². The molecule has 0 spiro atoms. The van der Waals surface area contributed by atoms with Gasteiger partial charge in [0, 0.05) is 26.7 Å². The van der Waals surface area contributed by atoms with Crippen molar-refractivity contribution in [2.45, 2.75) is 25.5 Å². The lowest BCUT2D eigenvalue weighted by Gasteiger charge is -2.28. The Bertz CT molecular complexity index is 1230. The smallest absolute Gasteiger partial charge is 0.492 e. The van der Waals surface area contributed by atoms with Crippen LogP contribution in [0.15, 0.2) is 72.8 Å². The fraction of sp³-hybridized carbons (Fsp3) is 0.333. The number of nitrogens with zero attached hydrogens (tertiary/aromatic N) is 2. The van der Waals surface area contributed by atoms with Gasteiger partial charge in [-0.1, -0.05) is 36.4 Å². The van der Waals surface area contributed by atoms with Crippen LogP contribution in [0.25, 0.3) is 11.1 Å². The van der Waals surface area contributed by atoms with Crippen molar-refractivity contribution in [1.29, 1.82) is 0 Å². The third-order valence-electron chi connectivity index (χ3n) is 6.57. The number of nitrogens with one attached hydrogen (secondary N) is 1. The van der Waals surface area contributed by atoms with Crippen molar-refractivity contribution in [1.82, 2.24) is 15.1 Å². The fourth-order valence-electron chi connectivity index (χ4n) is 4.36. The van der Waals surface area contributed by atoms with Crippen LogP contribution >= 0.6 is 12.4 Å². The minimum Gasteiger partial charge on any atom is -0.492 e. The molecule has 1 N–H and O–H groups in total. The van der Waals surface area contributed by atoms with Crippen LogP contribution < -0.4 is 14.8 Å². The zero-order valence-corrected chi connectivity index (χ0v) is 23.5. The predicted octanol–water partition coefficient (Wildman–Crippen LogP) is 5.74. The highest BCUT2D eigenvalue weighted by molar-refractivity contribution is 5.85. The van der Waals surface area contributed by atoms with Crippen molar-refractivity contribution in [2.75, 3.05) is 40.3 Å². The highest BCUT2D eigenvalue weighted by Crippen LogP contribution is 2.25. The molecule has 0 bridgehead atoms. The summed E-state index contributed by atoms with van der Waals surface area (Å²) >= 11 is 0. The van der Waals surface area contributed by atoms with E-state index in [4.69, 9.17) is 14.2 Å². The lowest BCUT2D eigenvalue weighted by Crippen LogP contribution is -2.40. The summed E-state index contributed by atoms with van der Waals surface area (Å²) < 4.78 is 30.1. The minimum atomic E-state index is -0.676. The second-order valence-electron chi connectivity index (χ2n) is 9.48. The molecule has 1 aliphatic rings. The van der Waals surface area contributed by atoms with Gasteiger partial charge in [-0.15, -0.1) is 12.4 Å². The summed E-state index contributed by atoms with van der Waals surface area (Å²) in [6, 6.07) is 20.7. The summed E-state index contributed by atoms with van der Waals surface area (Å²) in [7, 11) is 3.61. The first-order valence-electron chi connectivity index (χ1n) is 13.0. The number of hydrogen-bond acceptors (Lipinski definition) is 6. The van der Waals surface area contributed by atoms with Crippen LogP contribution in [-0.4, -0.2) is 68.4 Å². The summed E-state index contributed by atoms with van der Waals surface area (Å²) in [6.45, 7) is 2.69. The maximum Gasteiger partial charge on any atom is 0.514 e. The van der Waals surface area contributed by atoms with Crippen LogP contribution in [0, 0.1) is 5.82 Å². The van der Waals surface area contributed by atoms with Crippen LogP contribution in [0.5, 0.6) is 11.5 Å². The first-order valence-corrected chi connectivity index (χ1v) is 13.0. The van der Waals surface area contributed by atoms with Gasteiger partial charge in [0.25, 0.3) is 0 Å². The van der Waals surface area contributed by atoms with Gasteiger partial charge in [0.1, 0.15) is 30.0 Å². The number of likely N-dealkylation sites (tertiary alicyclic amines) is 1. The molecular weight excluding hydrogens is 537 g/mol. The Morgan fingerprint density at radius 2 is 1.60 bits per heavy atom. The van der Waals surface area contributed by atoms with Crippen LogP contribution in [0.1, 0.15) is 18.4 Å². The van der Waals surface area contributed by atoms with E-state index in [0.29, 0.717) is 23.6 Å². The molecule has 0 radical (unpaired) electrons. The number of piperidine rings is 1. The molecule has 4 rings (SSSR count). The summed E-state index contributed by atoms with van der Waals surface area (Å²) in [6.07, 6.45) is 0.843. The molecule has 0 unspecified atom stereocenters. The summed E-state index contributed by atoms with van der Waals surface area (Å²) in [5, 5.41) is 2.61. The van der Waals surface area contributed by atoms with E-state index >= 15 is 0 Å². The third kappa shape index (κ3) is 9.14. The standard InChI is InChI=1S/C30H34FN3O5.ClH/c1-32-29(35)34(21-22-4-3-5-25(31)20-22)18-19-37-26-10-6-23(7-11-26)24-8-12-27(13-9-24)38-30(36)39-28-14-16-33(2)17-15-28;/h3-13,20,28H,14-19,21H2,1-2H3,(H,32,35);1H. The van der Waals surface area contributed by atoms with Gasteiger partial charge in [0.2, 0.25) is 0 Å². The molecule has 1 aliphatic heterocycles. The van der Waals surface area contributed by atoms with Gasteiger partial charge in [-0.05, 0) is 73.0 Å². The Morgan fingerprint density at radius 3 is 2.20 bits per heavy atom. The Balaban J connectivity index is 0.00000441. The maximum atomic E-state index is 13.5. The van der Waals surface area contributed by atoms with E-state index in [0.717, 1.165) is 37.1 Å². The number of carbonyl (C=O) groups is 2. The van der Waals surface area contributed by atoms with Gasteiger partial charge in [-0.3, -0.25) is 0 Å². The second-order valence-corrected chi connectivity index (χ2v) is 9.48. The van der Waals surface area contributed by atoms with Crippen molar-refractivity contribution in [2.24, 2.45) is 0 Å². The monoisotopic (exact) mass is 571 g/mol.